The fourth-order valence-corrected chi connectivity index (χ4v) is 3.08. The van der Waals surface area contributed by atoms with Crippen LogP contribution >= 0.6 is 0 Å². The summed E-state index contributed by atoms with van der Waals surface area (Å²) in [6.07, 6.45) is 4.55. The van der Waals surface area contributed by atoms with Crippen molar-refractivity contribution >= 4 is 11.9 Å². The smallest absolute Gasteiger partial charge is 0.320 e. The van der Waals surface area contributed by atoms with Gasteiger partial charge in [0.15, 0.2) is 0 Å². The molecule has 1 heterocycles. The van der Waals surface area contributed by atoms with Gasteiger partial charge in [0.1, 0.15) is 6.04 Å². The average Bonchev–Trinajstić information content (AvgIpc) is 2.47. The molecule has 5 heteroatoms. The number of aliphatic carboxylic acids is 1. The Balaban J connectivity index is 2.65. The fourth-order valence-electron chi connectivity index (χ4n) is 3.08. The number of nitrogens with zero attached hydrogens (tertiary/aromatic N) is 2. The summed E-state index contributed by atoms with van der Waals surface area (Å²) in [5.74, 6) is -0.252. The van der Waals surface area contributed by atoms with Gasteiger partial charge in [-0.15, -0.1) is 0 Å². The van der Waals surface area contributed by atoms with Gasteiger partial charge in [-0.05, 0) is 38.1 Å². The molecular formula is C16H30N2O3. The summed E-state index contributed by atoms with van der Waals surface area (Å²) in [4.78, 5) is 27.6. The topological polar surface area (TPSA) is 60.9 Å². The lowest BCUT2D eigenvalue weighted by Gasteiger charge is -2.37. The minimum Gasteiger partial charge on any atom is -0.480 e. The number of likely N-dealkylation sites (tertiary alicyclic amines) is 1. The Hall–Kier alpha value is -1.10. The number of rotatable bonds is 8. The van der Waals surface area contributed by atoms with E-state index in [1.165, 1.54) is 0 Å². The van der Waals surface area contributed by atoms with E-state index >= 15 is 0 Å². The molecule has 1 aliphatic heterocycles. The molecule has 122 valence electrons. The number of piperidine rings is 1. The minimum atomic E-state index is -0.793. The highest BCUT2D eigenvalue weighted by Gasteiger charge is 2.34. The molecule has 0 aliphatic carbocycles. The highest BCUT2D eigenvalue weighted by molar-refractivity contribution is 5.80. The largest absolute Gasteiger partial charge is 0.480 e. The van der Waals surface area contributed by atoms with Gasteiger partial charge in [-0.25, -0.2) is 0 Å². The first-order valence-corrected chi connectivity index (χ1v) is 8.28. The summed E-state index contributed by atoms with van der Waals surface area (Å²) in [5.41, 5.74) is 0. The number of carboxylic acids is 1. The van der Waals surface area contributed by atoms with Crippen LogP contribution in [0.5, 0.6) is 0 Å². The number of amides is 1. The molecule has 0 saturated carbocycles. The Labute approximate surface area is 128 Å². The zero-order valence-electron chi connectivity index (χ0n) is 13.7. The van der Waals surface area contributed by atoms with Crippen LogP contribution in [0.15, 0.2) is 0 Å². The van der Waals surface area contributed by atoms with Crippen molar-refractivity contribution in [1.82, 2.24) is 9.80 Å². The number of hydrogen-bond acceptors (Lipinski definition) is 3. The van der Waals surface area contributed by atoms with Crippen LogP contribution in [0.25, 0.3) is 0 Å². The lowest BCUT2D eigenvalue weighted by atomic mass is 9.89. The number of carbonyl (C=O) groups excluding carboxylic acids is 1. The van der Waals surface area contributed by atoms with Gasteiger partial charge in [0, 0.05) is 13.1 Å². The summed E-state index contributed by atoms with van der Waals surface area (Å²) in [6, 6.07) is -0.502. The second-order valence-electron chi connectivity index (χ2n) is 6.00. The van der Waals surface area contributed by atoms with Crippen LogP contribution in [0.1, 0.15) is 52.9 Å². The van der Waals surface area contributed by atoms with E-state index in [4.69, 9.17) is 0 Å². The van der Waals surface area contributed by atoms with Crippen LogP contribution in [-0.4, -0.2) is 59.0 Å². The molecule has 1 fully saturated rings. The van der Waals surface area contributed by atoms with Crippen LogP contribution in [0.2, 0.25) is 0 Å². The number of carboxylic acid groups (broad SMARTS) is 1. The van der Waals surface area contributed by atoms with E-state index < -0.39 is 12.0 Å². The Kier molecular flexibility index (Phi) is 7.72. The average molecular weight is 298 g/mol. The number of carbonyl (C=O) groups is 2. The molecule has 2 atom stereocenters. The predicted molar refractivity (Wildman–Crippen MR) is 83.2 cm³/mol. The fraction of sp³-hybridized carbons (Fsp3) is 0.875. The maximum absolute atomic E-state index is 12.4. The van der Waals surface area contributed by atoms with Crippen LogP contribution < -0.4 is 0 Å². The van der Waals surface area contributed by atoms with Crippen molar-refractivity contribution in [2.75, 3.05) is 26.2 Å². The Morgan fingerprint density at radius 2 is 1.81 bits per heavy atom. The van der Waals surface area contributed by atoms with Crippen molar-refractivity contribution in [3.8, 4) is 0 Å². The lowest BCUT2D eigenvalue weighted by Crippen LogP contribution is -2.51. The molecule has 0 aromatic rings. The third kappa shape index (κ3) is 5.30. The molecule has 2 unspecified atom stereocenters. The Morgan fingerprint density at radius 3 is 2.29 bits per heavy atom. The molecule has 1 aliphatic rings. The summed E-state index contributed by atoms with van der Waals surface area (Å²) < 4.78 is 0. The van der Waals surface area contributed by atoms with Crippen molar-refractivity contribution in [2.45, 2.75) is 58.9 Å². The molecule has 1 saturated heterocycles. The summed E-state index contributed by atoms with van der Waals surface area (Å²) >= 11 is 0. The van der Waals surface area contributed by atoms with E-state index in [0.29, 0.717) is 18.9 Å². The summed E-state index contributed by atoms with van der Waals surface area (Å²) in [5, 5.41) is 9.41. The van der Waals surface area contributed by atoms with E-state index in [1.807, 2.05) is 9.80 Å². The third-order valence-corrected chi connectivity index (χ3v) is 4.36. The molecular weight excluding hydrogens is 268 g/mol. The highest BCUT2D eigenvalue weighted by atomic mass is 16.4. The maximum atomic E-state index is 12.4. The third-order valence-electron chi connectivity index (χ3n) is 4.36. The van der Waals surface area contributed by atoms with Gasteiger partial charge in [-0.2, -0.15) is 0 Å². The van der Waals surface area contributed by atoms with Crippen LogP contribution in [0.3, 0.4) is 0 Å². The Bertz CT molecular complexity index is 340. The second-order valence-corrected chi connectivity index (χ2v) is 6.00. The molecule has 1 N–H and O–H groups in total. The van der Waals surface area contributed by atoms with Gasteiger partial charge >= 0.3 is 5.97 Å². The first kappa shape index (κ1) is 18.0. The molecule has 21 heavy (non-hydrogen) atoms. The van der Waals surface area contributed by atoms with Crippen LogP contribution in [-0.2, 0) is 9.59 Å². The van der Waals surface area contributed by atoms with Gasteiger partial charge < -0.3 is 10.0 Å². The molecule has 0 aromatic heterocycles. The van der Waals surface area contributed by atoms with Crippen molar-refractivity contribution in [2.24, 2.45) is 5.92 Å². The predicted octanol–water partition coefficient (Wildman–Crippen LogP) is 2.21. The molecule has 1 amide bonds. The standard InChI is InChI=1S/C16H30N2O3/c1-4-8-17(9-5-2)15(19)12-18-10-7-13(6-3)11-14(18)16(20)21/h13-14H,4-12H2,1-3H3,(H,20,21). The monoisotopic (exact) mass is 298 g/mol. The molecule has 0 radical (unpaired) electrons. The van der Waals surface area contributed by atoms with E-state index in [-0.39, 0.29) is 12.5 Å². The molecule has 1 rings (SSSR count). The molecule has 5 nitrogen and oxygen atoms in total. The van der Waals surface area contributed by atoms with Gasteiger partial charge in [0.05, 0.1) is 6.54 Å². The zero-order chi connectivity index (χ0) is 15.8. The first-order valence-electron chi connectivity index (χ1n) is 8.28. The van der Waals surface area contributed by atoms with Gasteiger partial charge in [0.2, 0.25) is 5.91 Å². The first-order chi connectivity index (χ1) is 10.0. The van der Waals surface area contributed by atoms with Crippen molar-refractivity contribution in [3.05, 3.63) is 0 Å². The quantitative estimate of drug-likeness (QED) is 0.746. The molecule has 0 bridgehead atoms. The van der Waals surface area contributed by atoms with Gasteiger partial charge in [-0.1, -0.05) is 27.2 Å². The molecule has 0 spiro atoms. The van der Waals surface area contributed by atoms with E-state index in [9.17, 15) is 14.7 Å². The summed E-state index contributed by atoms with van der Waals surface area (Å²) in [6.45, 7) is 8.70. The van der Waals surface area contributed by atoms with E-state index in [0.717, 1.165) is 38.8 Å². The van der Waals surface area contributed by atoms with Crippen LogP contribution in [0, 0.1) is 5.92 Å². The maximum Gasteiger partial charge on any atom is 0.320 e. The van der Waals surface area contributed by atoms with Crippen molar-refractivity contribution < 1.29 is 14.7 Å². The highest BCUT2D eigenvalue weighted by Crippen LogP contribution is 2.25. The van der Waals surface area contributed by atoms with Crippen LogP contribution in [0.4, 0.5) is 0 Å². The normalized spacial score (nSPS) is 23.0. The Morgan fingerprint density at radius 1 is 1.19 bits per heavy atom. The molecule has 0 aromatic carbocycles. The number of hydrogen-bond donors (Lipinski definition) is 1. The second kappa shape index (κ2) is 9.03. The van der Waals surface area contributed by atoms with Gasteiger partial charge in [0.25, 0.3) is 0 Å². The van der Waals surface area contributed by atoms with Crippen molar-refractivity contribution in [1.29, 1.82) is 0 Å². The zero-order valence-corrected chi connectivity index (χ0v) is 13.7. The lowest BCUT2D eigenvalue weighted by molar-refractivity contribution is -0.147. The van der Waals surface area contributed by atoms with E-state index in [1.54, 1.807) is 0 Å². The van der Waals surface area contributed by atoms with E-state index in [2.05, 4.69) is 20.8 Å². The summed E-state index contributed by atoms with van der Waals surface area (Å²) in [7, 11) is 0. The minimum absolute atomic E-state index is 0.0694. The van der Waals surface area contributed by atoms with Gasteiger partial charge in [-0.3, -0.25) is 14.5 Å². The SMILES string of the molecule is CCCN(CCC)C(=O)CN1CCC(CC)CC1C(=O)O. The van der Waals surface area contributed by atoms with Crippen molar-refractivity contribution in [3.63, 3.8) is 0 Å².